The van der Waals surface area contributed by atoms with Crippen LogP contribution in [0.15, 0.2) is 29.6 Å². The van der Waals surface area contributed by atoms with E-state index < -0.39 is 0 Å². The van der Waals surface area contributed by atoms with Crippen LogP contribution in [0.2, 0.25) is 0 Å². The van der Waals surface area contributed by atoms with Gasteiger partial charge in [0, 0.05) is 10.7 Å². The van der Waals surface area contributed by atoms with Gasteiger partial charge in [-0.2, -0.15) is 0 Å². The summed E-state index contributed by atoms with van der Waals surface area (Å²) in [4.78, 5) is 0. The van der Waals surface area contributed by atoms with Crippen molar-refractivity contribution in [1.29, 1.82) is 0 Å². The molecule has 2 N–H and O–H groups in total. The highest BCUT2D eigenvalue weighted by Crippen LogP contribution is 2.72. The van der Waals surface area contributed by atoms with Crippen LogP contribution in [0.5, 0.6) is 0 Å². The summed E-state index contributed by atoms with van der Waals surface area (Å²) < 4.78 is 1.35. The Kier molecular flexibility index (Phi) is 2.43. The van der Waals surface area contributed by atoms with Gasteiger partial charge in [0.15, 0.2) is 0 Å². The first-order valence-corrected chi connectivity index (χ1v) is 7.47. The van der Waals surface area contributed by atoms with Crippen molar-refractivity contribution >= 4 is 21.4 Å². The minimum atomic E-state index is 0.158. The van der Waals surface area contributed by atoms with Crippen molar-refractivity contribution in [2.24, 2.45) is 22.5 Å². The predicted octanol–water partition coefficient (Wildman–Crippen LogP) is 4.58. The highest BCUT2D eigenvalue weighted by atomic mass is 32.1. The number of rotatable bonds is 2. The van der Waals surface area contributed by atoms with E-state index in [1.807, 2.05) is 11.3 Å². The first-order chi connectivity index (χ1) is 8.37. The molecule has 1 heterocycles. The molecule has 0 aliphatic heterocycles. The zero-order chi connectivity index (χ0) is 13.1. The average molecular weight is 259 g/mol. The maximum absolute atomic E-state index is 6.57. The summed E-state index contributed by atoms with van der Waals surface area (Å²) in [6.07, 6.45) is 0. The van der Waals surface area contributed by atoms with Gasteiger partial charge in [-0.15, -0.1) is 11.3 Å². The van der Waals surface area contributed by atoms with Crippen LogP contribution >= 0.6 is 11.3 Å². The van der Waals surface area contributed by atoms with Crippen molar-refractivity contribution in [2.75, 3.05) is 0 Å². The van der Waals surface area contributed by atoms with Gasteiger partial charge in [0.2, 0.25) is 0 Å². The zero-order valence-electron chi connectivity index (χ0n) is 11.5. The molecule has 2 heteroatoms. The van der Waals surface area contributed by atoms with Gasteiger partial charge in [0.1, 0.15) is 0 Å². The lowest BCUT2D eigenvalue weighted by Gasteiger charge is -2.13. The first kappa shape index (κ1) is 12.2. The fraction of sp³-hybridized carbons (Fsp3) is 0.500. The molecule has 1 fully saturated rings. The number of hydrogen-bond acceptors (Lipinski definition) is 2. The van der Waals surface area contributed by atoms with Gasteiger partial charge in [-0.1, -0.05) is 45.9 Å². The lowest BCUT2D eigenvalue weighted by molar-refractivity contribution is 0.457. The van der Waals surface area contributed by atoms with Gasteiger partial charge in [-0.05, 0) is 39.1 Å². The summed E-state index contributed by atoms with van der Waals surface area (Å²) >= 11 is 1.81. The summed E-state index contributed by atoms with van der Waals surface area (Å²) in [6.45, 7) is 9.36. The molecule has 2 aromatic rings. The molecule has 0 bridgehead atoms. The van der Waals surface area contributed by atoms with Crippen LogP contribution in [-0.2, 0) is 0 Å². The summed E-state index contributed by atoms with van der Waals surface area (Å²) in [5.41, 5.74) is 8.59. The molecule has 0 spiro atoms. The van der Waals surface area contributed by atoms with Gasteiger partial charge in [0.05, 0.1) is 0 Å². The molecule has 1 nitrogen and oxygen atoms in total. The van der Waals surface area contributed by atoms with Crippen molar-refractivity contribution in [2.45, 2.75) is 33.7 Å². The first-order valence-electron chi connectivity index (χ1n) is 6.59. The van der Waals surface area contributed by atoms with Crippen molar-refractivity contribution < 1.29 is 0 Å². The highest BCUT2D eigenvalue weighted by Gasteiger charge is 2.66. The second-order valence-corrected chi connectivity index (χ2v) is 7.55. The summed E-state index contributed by atoms with van der Waals surface area (Å²) in [5, 5.41) is 3.59. The van der Waals surface area contributed by atoms with E-state index in [1.165, 1.54) is 15.6 Å². The monoisotopic (exact) mass is 259 g/mol. The molecule has 96 valence electrons. The van der Waals surface area contributed by atoms with Gasteiger partial charge in [0.25, 0.3) is 0 Å². The van der Waals surface area contributed by atoms with E-state index in [0.717, 1.165) is 0 Å². The predicted molar refractivity (Wildman–Crippen MR) is 79.8 cm³/mol. The van der Waals surface area contributed by atoms with Crippen LogP contribution < -0.4 is 5.73 Å². The van der Waals surface area contributed by atoms with E-state index in [-0.39, 0.29) is 6.04 Å². The highest BCUT2D eigenvalue weighted by molar-refractivity contribution is 7.17. The number of thiophene rings is 1. The number of nitrogens with two attached hydrogens (primary N) is 1. The topological polar surface area (TPSA) is 26.0 Å². The summed E-state index contributed by atoms with van der Waals surface area (Å²) in [5.74, 6) is 0.572. The minimum absolute atomic E-state index is 0.158. The van der Waals surface area contributed by atoms with Crippen molar-refractivity contribution in [3.8, 4) is 0 Å². The van der Waals surface area contributed by atoms with Crippen LogP contribution in [0.4, 0.5) is 0 Å². The molecule has 0 amide bonds. The second kappa shape index (κ2) is 3.58. The largest absolute Gasteiger partial charge is 0.324 e. The maximum Gasteiger partial charge on any atom is 0.0348 e. The minimum Gasteiger partial charge on any atom is -0.324 e. The lowest BCUT2D eigenvalue weighted by Crippen LogP contribution is -2.16. The molecule has 0 saturated heterocycles. The number of hydrogen-bond donors (Lipinski definition) is 1. The third-order valence-electron chi connectivity index (χ3n) is 5.36. The molecule has 1 unspecified atom stereocenters. The van der Waals surface area contributed by atoms with E-state index in [0.29, 0.717) is 16.7 Å². The van der Waals surface area contributed by atoms with Gasteiger partial charge in [-0.3, -0.25) is 0 Å². The Morgan fingerprint density at radius 2 is 1.72 bits per heavy atom. The van der Waals surface area contributed by atoms with Crippen LogP contribution in [0, 0.1) is 16.7 Å². The standard InChI is InChI=1S/C16H21NS/c1-15(2)14(16(15,3)4)13(17)11-9-18-12-8-6-5-7-10(11)12/h5-9,13-14H,17H2,1-4H3. The Hall–Kier alpha value is -0.860. The average Bonchev–Trinajstić information content (AvgIpc) is 2.66. The third kappa shape index (κ3) is 1.42. The maximum atomic E-state index is 6.57. The van der Waals surface area contributed by atoms with Crippen molar-refractivity contribution in [1.82, 2.24) is 0 Å². The van der Waals surface area contributed by atoms with E-state index in [4.69, 9.17) is 5.73 Å². The SMILES string of the molecule is CC1(C)C(C(N)c2csc3ccccc23)C1(C)C. The Balaban J connectivity index is 2.02. The molecule has 1 aliphatic rings. The summed E-state index contributed by atoms with van der Waals surface area (Å²) in [7, 11) is 0. The molecule has 1 saturated carbocycles. The van der Waals surface area contributed by atoms with Crippen molar-refractivity contribution in [3.05, 3.63) is 35.2 Å². The Morgan fingerprint density at radius 1 is 1.11 bits per heavy atom. The van der Waals surface area contributed by atoms with Gasteiger partial charge in [-0.25, -0.2) is 0 Å². The fourth-order valence-corrected chi connectivity index (χ4v) is 4.59. The Morgan fingerprint density at radius 3 is 2.33 bits per heavy atom. The second-order valence-electron chi connectivity index (χ2n) is 6.63. The van der Waals surface area contributed by atoms with Crippen LogP contribution in [0.3, 0.4) is 0 Å². The van der Waals surface area contributed by atoms with Crippen molar-refractivity contribution in [3.63, 3.8) is 0 Å². The molecule has 1 atom stereocenters. The molecular formula is C16H21NS. The van der Waals surface area contributed by atoms with Crippen LogP contribution in [0.25, 0.3) is 10.1 Å². The molecule has 1 aromatic heterocycles. The zero-order valence-corrected chi connectivity index (χ0v) is 12.3. The Labute approximate surface area is 113 Å². The molecule has 0 radical (unpaired) electrons. The quantitative estimate of drug-likeness (QED) is 0.839. The molecular weight excluding hydrogens is 238 g/mol. The van der Waals surface area contributed by atoms with E-state index in [2.05, 4.69) is 57.3 Å². The fourth-order valence-electron chi connectivity index (χ4n) is 3.58. The van der Waals surface area contributed by atoms with E-state index in [1.54, 1.807) is 0 Å². The normalized spacial score (nSPS) is 23.2. The van der Waals surface area contributed by atoms with Gasteiger partial charge >= 0.3 is 0 Å². The van der Waals surface area contributed by atoms with Gasteiger partial charge < -0.3 is 5.73 Å². The lowest BCUT2D eigenvalue weighted by atomic mass is 9.97. The smallest absolute Gasteiger partial charge is 0.0348 e. The third-order valence-corrected chi connectivity index (χ3v) is 6.34. The summed E-state index contributed by atoms with van der Waals surface area (Å²) in [6, 6.07) is 8.74. The molecule has 1 aliphatic carbocycles. The molecule has 1 aromatic carbocycles. The van der Waals surface area contributed by atoms with E-state index in [9.17, 15) is 0 Å². The Bertz CT molecular complexity index is 580. The number of benzene rings is 1. The number of fused-ring (bicyclic) bond motifs is 1. The van der Waals surface area contributed by atoms with Crippen LogP contribution in [-0.4, -0.2) is 0 Å². The van der Waals surface area contributed by atoms with E-state index >= 15 is 0 Å². The molecule has 18 heavy (non-hydrogen) atoms. The molecule has 3 rings (SSSR count). The van der Waals surface area contributed by atoms with Crippen LogP contribution in [0.1, 0.15) is 39.3 Å².